The van der Waals surface area contributed by atoms with Crippen LogP contribution in [-0.2, 0) is 22.5 Å². The van der Waals surface area contributed by atoms with Gasteiger partial charge in [-0.1, -0.05) is 65.9 Å². The number of benzene rings is 3. The third-order valence-electron chi connectivity index (χ3n) is 6.44. The first-order valence-electron chi connectivity index (χ1n) is 11.9. The van der Waals surface area contributed by atoms with Crippen LogP contribution in [0.15, 0.2) is 79.0 Å². The first-order chi connectivity index (χ1) is 18.0. The molecule has 0 aliphatic heterocycles. The van der Waals surface area contributed by atoms with E-state index in [1.165, 1.54) is 0 Å². The van der Waals surface area contributed by atoms with Crippen molar-refractivity contribution in [3.05, 3.63) is 101 Å². The Balaban J connectivity index is 1.19. The zero-order valence-electron chi connectivity index (χ0n) is 20.2. The van der Waals surface area contributed by atoms with Crippen molar-refractivity contribution in [2.24, 2.45) is 0 Å². The summed E-state index contributed by atoms with van der Waals surface area (Å²) in [4.78, 5) is 24.4. The van der Waals surface area contributed by atoms with Crippen LogP contribution in [0.3, 0.4) is 0 Å². The molecule has 1 atom stereocenters. The molecule has 4 aromatic rings. The van der Waals surface area contributed by atoms with E-state index in [2.05, 4.69) is 27.8 Å². The molecule has 0 saturated carbocycles. The molecule has 9 heteroatoms. The fraction of sp³-hybridized carbons (Fsp3) is 0.214. The van der Waals surface area contributed by atoms with Crippen molar-refractivity contribution in [3.8, 4) is 16.9 Å². The number of methoxy groups -OCH3 is 1. The fourth-order valence-electron chi connectivity index (χ4n) is 4.62. The summed E-state index contributed by atoms with van der Waals surface area (Å²) in [7, 11) is 1.61. The largest absolute Gasteiger partial charge is 0.497 e. The van der Waals surface area contributed by atoms with E-state index in [1.54, 1.807) is 18.0 Å². The Kier molecular flexibility index (Phi) is 6.85. The van der Waals surface area contributed by atoms with Gasteiger partial charge >= 0.3 is 12.1 Å². The zero-order valence-corrected chi connectivity index (χ0v) is 20.2. The van der Waals surface area contributed by atoms with Crippen LogP contribution in [0, 0.1) is 0 Å². The number of ether oxygens (including phenoxy) is 2. The minimum atomic E-state index is -1.21. The lowest BCUT2D eigenvalue weighted by Crippen LogP contribution is -2.43. The number of rotatable bonds is 9. The second kappa shape index (κ2) is 10.5. The van der Waals surface area contributed by atoms with E-state index >= 15 is 0 Å². The van der Waals surface area contributed by atoms with E-state index in [0.717, 1.165) is 33.6 Å². The molecule has 0 saturated heterocycles. The molecular weight excluding hydrogens is 472 g/mol. The van der Waals surface area contributed by atoms with Crippen LogP contribution in [0.2, 0.25) is 0 Å². The van der Waals surface area contributed by atoms with Gasteiger partial charge in [-0.05, 0) is 39.9 Å². The SMILES string of the molecule is COc1ccc(Cn2cc(C[C@H](NC(=O)OCC3c4ccccc4-c4ccccc43)C(=O)O)nn2)cc1. The second-order valence-electron chi connectivity index (χ2n) is 8.82. The zero-order chi connectivity index (χ0) is 25.8. The average molecular weight is 499 g/mol. The lowest BCUT2D eigenvalue weighted by Gasteiger charge is -2.17. The molecule has 1 amide bonds. The quantitative estimate of drug-likeness (QED) is 0.360. The Morgan fingerprint density at radius 2 is 1.65 bits per heavy atom. The van der Waals surface area contributed by atoms with Crippen LogP contribution in [0.4, 0.5) is 4.79 Å². The number of nitrogens with zero attached hydrogens (tertiary/aromatic N) is 3. The highest BCUT2D eigenvalue weighted by Gasteiger charge is 2.30. The molecule has 1 heterocycles. The van der Waals surface area contributed by atoms with Crippen molar-refractivity contribution >= 4 is 12.1 Å². The van der Waals surface area contributed by atoms with Gasteiger partial charge in [-0.2, -0.15) is 0 Å². The topological polar surface area (TPSA) is 116 Å². The highest BCUT2D eigenvalue weighted by atomic mass is 16.5. The van der Waals surface area contributed by atoms with Gasteiger partial charge in [0.15, 0.2) is 0 Å². The van der Waals surface area contributed by atoms with Crippen molar-refractivity contribution < 1.29 is 24.2 Å². The summed E-state index contributed by atoms with van der Waals surface area (Å²) in [6.07, 6.45) is 0.849. The highest BCUT2D eigenvalue weighted by molar-refractivity contribution is 5.81. The number of carboxylic acid groups (broad SMARTS) is 1. The number of hydrogen-bond acceptors (Lipinski definition) is 6. The van der Waals surface area contributed by atoms with Crippen molar-refractivity contribution in [1.82, 2.24) is 20.3 Å². The fourth-order valence-corrected chi connectivity index (χ4v) is 4.62. The number of hydrogen-bond donors (Lipinski definition) is 2. The number of amides is 1. The van der Waals surface area contributed by atoms with Crippen LogP contribution in [-0.4, -0.2) is 51.9 Å². The van der Waals surface area contributed by atoms with Crippen molar-refractivity contribution in [1.29, 1.82) is 0 Å². The molecule has 0 spiro atoms. The van der Waals surface area contributed by atoms with Gasteiger partial charge in [0.1, 0.15) is 18.4 Å². The van der Waals surface area contributed by atoms with E-state index in [0.29, 0.717) is 12.2 Å². The molecule has 1 aromatic heterocycles. The summed E-state index contributed by atoms with van der Waals surface area (Å²) >= 11 is 0. The summed E-state index contributed by atoms with van der Waals surface area (Å²) in [6.45, 7) is 0.568. The number of carbonyl (C=O) groups is 2. The normalized spacial score (nSPS) is 12.9. The first-order valence-corrected chi connectivity index (χ1v) is 11.9. The highest BCUT2D eigenvalue weighted by Crippen LogP contribution is 2.44. The van der Waals surface area contributed by atoms with Crippen molar-refractivity contribution in [3.63, 3.8) is 0 Å². The smallest absolute Gasteiger partial charge is 0.407 e. The molecule has 0 bridgehead atoms. The van der Waals surface area contributed by atoms with E-state index in [1.807, 2.05) is 60.7 Å². The predicted molar refractivity (Wildman–Crippen MR) is 135 cm³/mol. The van der Waals surface area contributed by atoms with Crippen LogP contribution < -0.4 is 10.1 Å². The Morgan fingerprint density at radius 1 is 1.00 bits per heavy atom. The molecule has 0 fully saturated rings. The molecule has 3 aromatic carbocycles. The minimum absolute atomic E-state index is 0.0257. The summed E-state index contributed by atoms with van der Waals surface area (Å²) in [5.74, 6) is -0.538. The number of alkyl carbamates (subject to hydrolysis) is 1. The maximum absolute atomic E-state index is 12.6. The average Bonchev–Trinajstić information content (AvgIpc) is 3.49. The van der Waals surface area contributed by atoms with Gasteiger partial charge in [-0.15, -0.1) is 5.10 Å². The van der Waals surface area contributed by atoms with Crippen LogP contribution in [0.1, 0.15) is 28.3 Å². The third-order valence-corrected chi connectivity index (χ3v) is 6.44. The monoisotopic (exact) mass is 498 g/mol. The van der Waals surface area contributed by atoms with Crippen LogP contribution in [0.25, 0.3) is 11.1 Å². The Bertz CT molecular complexity index is 1370. The van der Waals surface area contributed by atoms with E-state index in [-0.39, 0.29) is 18.9 Å². The van der Waals surface area contributed by atoms with E-state index < -0.39 is 18.1 Å². The number of carboxylic acids is 1. The maximum atomic E-state index is 12.6. The molecule has 1 aliphatic rings. The van der Waals surface area contributed by atoms with Gasteiger partial charge in [-0.25, -0.2) is 14.3 Å². The van der Waals surface area contributed by atoms with Crippen LogP contribution >= 0.6 is 0 Å². The molecule has 0 unspecified atom stereocenters. The van der Waals surface area contributed by atoms with Gasteiger partial charge in [-0.3, -0.25) is 0 Å². The van der Waals surface area contributed by atoms with Gasteiger partial charge in [0.25, 0.3) is 0 Å². The molecule has 1 aliphatic carbocycles. The van der Waals surface area contributed by atoms with E-state index in [9.17, 15) is 14.7 Å². The molecule has 188 valence electrons. The summed E-state index contributed by atoms with van der Waals surface area (Å²) in [5, 5.41) is 20.3. The Morgan fingerprint density at radius 3 is 2.27 bits per heavy atom. The molecule has 5 rings (SSSR count). The molecule has 0 radical (unpaired) electrons. The standard InChI is InChI=1S/C28H26N4O5/c1-36-20-12-10-18(11-13-20)15-32-16-19(30-31-32)14-26(27(33)34)29-28(35)37-17-25-23-8-4-2-6-21(23)22-7-3-5-9-24(22)25/h2-13,16,25-26H,14-15,17H2,1H3,(H,29,35)(H,33,34)/t26-/m0/s1. The Hall–Kier alpha value is -4.66. The van der Waals surface area contributed by atoms with Gasteiger partial charge in [0.2, 0.25) is 0 Å². The number of nitrogens with one attached hydrogen (secondary N) is 1. The maximum Gasteiger partial charge on any atom is 0.407 e. The van der Waals surface area contributed by atoms with Gasteiger partial charge in [0, 0.05) is 18.5 Å². The number of aromatic nitrogens is 3. The molecule has 37 heavy (non-hydrogen) atoms. The lowest BCUT2D eigenvalue weighted by atomic mass is 9.98. The molecular formula is C28H26N4O5. The second-order valence-corrected chi connectivity index (χ2v) is 8.82. The number of fused-ring (bicyclic) bond motifs is 3. The summed E-state index contributed by atoms with van der Waals surface area (Å²) < 4.78 is 12.3. The van der Waals surface area contributed by atoms with Gasteiger partial charge in [0.05, 0.1) is 19.3 Å². The minimum Gasteiger partial charge on any atom is -0.497 e. The molecule has 2 N–H and O–H groups in total. The first kappa shape index (κ1) is 24.1. The molecule has 9 nitrogen and oxygen atoms in total. The lowest BCUT2D eigenvalue weighted by molar-refractivity contribution is -0.139. The van der Waals surface area contributed by atoms with Gasteiger partial charge < -0.3 is 19.9 Å². The number of carbonyl (C=O) groups excluding carboxylic acids is 1. The van der Waals surface area contributed by atoms with Crippen molar-refractivity contribution in [2.75, 3.05) is 13.7 Å². The summed E-state index contributed by atoms with van der Waals surface area (Å²) in [6, 6.07) is 22.4. The third kappa shape index (κ3) is 5.30. The van der Waals surface area contributed by atoms with Crippen molar-refractivity contribution in [2.45, 2.75) is 24.9 Å². The van der Waals surface area contributed by atoms with Crippen LogP contribution in [0.5, 0.6) is 5.75 Å². The number of aliphatic carboxylic acids is 1. The Labute approximate surface area is 213 Å². The van der Waals surface area contributed by atoms with E-state index in [4.69, 9.17) is 9.47 Å². The summed E-state index contributed by atoms with van der Waals surface area (Å²) in [5.41, 5.74) is 5.84. The predicted octanol–water partition coefficient (Wildman–Crippen LogP) is 3.87.